The highest BCUT2D eigenvalue weighted by Gasteiger charge is 2.27. The zero-order chi connectivity index (χ0) is 19.6. The molecule has 0 unspecified atom stereocenters. The van der Waals surface area contributed by atoms with Crippen molar-refractivity contribution in [1.82, 2.24) is 15.5 Å². The lowest BCUT2D eigenvalue weighted by Gasteiger charge is -2.25. The van der Waals surface area contributed by atoms with Crippen LogP contribution in [-0.4, -0.2) is 56.6 Å². The number of rotatable bonds is 9. The van der Waals surface area contributed by atoms with Crippen LogP contribution in [0, 0.1) is 12.3 Å². The SMILES string of the molecule is CCNC(=O)C(C)(C)CN=C(NCC)N(C)CCOc1ccccc1C.I. The van der Waals surface area contributed by atoms with Crippen molar-refractivity contribution in [2.24, 2.45) is 10.4 Å². The number of aliphatic imine (C=N–C) groups is 1. The molecule has 0 fully saturated rings. The molecule has 0 atom stereocenters. The summed E-state index contributed by atoms with van der Waals surface area (Å²) in [5.74, 6) is 1.70. The third kappa shape index (κ3) is 8.81. The van der Waals surface area contributed by atoms with Gasteiger partial charge in [-0.3, -0.25) is 9.79 Å². The van der Waals surface area contributed by atoms with Crippen molar-refractivity contribution in [1.29, 1.82) is 0 Å². The summed E-state index contributed by atoms with van der Waals surface area (Å²) in [6.45, 7) is 12.9. The molecular formula is C20H35IN4O2. The second-order valence-corrected chi connectivity index (χ2v) is 6.95. The second-order valence-electron chi connectivity index (χ2n) is 6.95. The van der Waals surface area contributed by atoms with Gasteiger partial charge in [0.2, 0.25) is 5.91 Å². The number of hydrogen-bond acceptors (Lipinski definition) is 3. The monoisotopic (exact) mass is 490 g/mol. The van der Waals surface area contributed by atoms with Crippen molar-refractivity contribution >= 4 is 35.8 Å². The smallest absolute Gasteiger partial charge is 0.227 e. The van der Waals surface area contributed by atoms with Crippen LogP contribution in [0.25, 0.3) is 0 Å². The standard InChI is InChI=1S/C20H34N4O2.HI/c1-7-21-18(25)20(4,5)15-23-19(22-8-2)24(6)13-14-26-17-12-10-9-11-16(17)3;/h9-12H,7-8,13-15H2,1-6H3,(H,21,25)(H,22,23);1H. The number of hydrogen-bond donors (Lipinski definition) is 2. The number of halogens is 1. The fraction of sp³-hybridized carbons (Fsp3) is 0.600. The van der Waals surface area contributed by atoms with E-state index < -0.39 is 5.41 Å². The number of para-hydroxylation sites is 1. The lowest BCUT2D eigenvalue weighted by atomic mass is 9.92. The first kappa shape index (κ1) is 25.5. The van der Waals surface area contributed by atoms with Crippen LogP contribution < -0.4 is 15.4 Å². The summed E-state index contributed by atoms with van der Waals surface area (Å²) >= 11 is 0. The van der Waals surface area contributed by atoms with E-state index in [2.05, 4.69) is 15.6 Å². The molecule has 7 heteroatoms. The van der Waals surface area contributed by atoms with E-state index in [0.29, 0.717) is 26.2 Å². The van der Waals surface area contributed by atoms with Crippen LogP contribution in [0.5, 0.6) is 5.75 Å². The summed E-state index contributed by atoms with van der Waals surface area (Å²) in [4.78, 5) is 18.8. The molecule has 0 aliphatic heterocycles. The predicted molar refractivity (Wildman–Crippen MR) is 123 cm³/mol. The van der Waals surface area contributed by atoms with Crippen molar-refractivity contribution < 1.29 is 9.53 Å². The first-order valence-corrected chi connectivity index (χ1v) is 9.28. The number of benzene rings is 1. The Morgan fingerprint density at radius 2 is 1.81 bits per heavy atom. The number of ether oxygens (including phenoxy) is 1. The Bertz CT molecular complexity index is 605. The molecule has 0 aliphatic carbocycles. The van der Waals surface area contributed by atoms with Crippen LogP contribution in [-0.2, 0) is 4.79 Å². The first-order chi connectivity index (χ1) is 12.3. The Balaban J connectivity index is 0.00000676. The van der Waals surface area contributed by atoms with Crippen molar-refractivity contribution in [2.45, 2.75) is 34.6 Å². The average Bonchev–Trinajstić information content (AvgIpc) is 2.60. The van der Waals surface area contributed by atoms with Crippen molar-refractivity contribution in [3.8, 4) is 5.75 Å². The minimum Gasteiger partial charge on any atom is -0.491 e. The summed E-state index contributed by atoms with van der Waals surface area (Å²) in [7, 11) is 1.97. The molecule has 0 aliphatic rings. The third-order valence-electron chi connectivity index (χ3n) is 4.05. The minimum atomic E-state index is -0.546. The van der Waals surface area contributed by atoms with Gasteiger partial charge in [0.25, 0.3) is 0 Å². The molecule has 0 saturated carbocycles. The van der Waals surface area contributed by atoms with E-state index in [1.807, 2.05) is 70.8 Å². The highest BCUT2D eigenvalue weighted by molar-refractivity contribution is 14.0. The second kappa shape index (κ2) is 12.8. The Hall–Kier alpha value is -1.51. The lowest BCUT2D eigenvalue weighted by Crippen LogP contribution is -2.43. The molecule has 1 rings (SSSR count). The number of aryl methyl sites for hydroxylation is 1. The zero-order valence-electron chi connectivity index (χ0n) is 17.5. The van der Waals surface area contributed by atoms with Gasteiger partial charge in [0.1, 0.15) is 12.4 Å². The normalized spacial score (nSPS) is 11.4. The van der Waals surface area contributed by atoms with Crippen LogP contribution in [0.4, 0.5) is 0 Å². The van der Waals surface area contributed by atoms with Crippen LogP contribution in [0.3, 0.4) is 0 Å². The van der Waals surface area contributed by atoms with Crippen molar-refractivity contribution in [3.05, 3.63) is 29.8 Å². The number of amides is 1. The summed E-state index contributed by atoms with van der Waals surface area (Å²) in [6.07, 6.45) is 0. The van der Waals surface area contributed by atoms with Gasteiger partial charge in [-0.25, -0.2) is 0 Å². The molecule has 154 valence electrons. The molecule has 1 aromatic carbocycles. The maximum Gasteiger partial charge on any atom is 0.227 e. The first-order valence-electron chi connectivity index (χ1n) is 9.28. The van der Waals surface area contributed by atoms with E-state index in [-0.39, 0.29) is 29.9 Å². The molecule has 0 bridgehead atoms. The maximum absolute atomic E-state index is 12.1. The number of nitrogens with one attached hydrogen (secondary N) is 2. The van der Waals surface area contributed by atoms with E-state index in [1.165, 1.54) is 0 Å². The third-order valence-corrected chi connectivity index (χ3v) is 4.05. The number of nitrogens with zero attached hydrogens (tertiary/aromatic N) is 2. The Kier molecular flexibility index (Phi) is 12.1. The fourth-order valence-electron chi connectivity index (χ4n) is 2.33. The summed E-state index contributed by atoms with van der Waals surface area (Å²) in [5, 5.41) is 6.14. The van der Waals surface area contributed by atoms with E-state index >= 15 is 0 Å². The van der Waals surface area contributed by atoms with Crippen LogP contribution in [0.1, 0.15) is 33.3 Å². The molecule has 1 aromatic rings. The molecule has 1 amide bonds. The van der Waals surface area contributed by atoms with Gasteiger partial charge < -0.3 is 20.3 Å². The molecule has 0 heterocycles. The van der Waals surface area contributed by atoms with E-state index in [1.54, 1.807) is 0 Å². The van der Waals surface area contributed by atoms with Gasteiger partial charge in [0, 0.05) is 20.1 Å². The maximum atomic E-state index is 12.1. The quantitative estimate of drug-likeness (QED) is 0.317. The average molecular weight is 490 g/mol. The predicted octanol–water partition coefficient (Wildman–Crippen LogP) is 3.05. The topological polar surface area (TPSA) is 66.0 Å². The minimum absolute atomic E-state index is 0. The van der Waals surface area contributed by atoms with E-state index in [9.17, 15) is 4.79 Å². The molecule has 6 nitrogen and oxygen atoms in total. The number of carbonyl (C=O) groups is 1. The van der Waals surface area contributed by atoms with Gasteiger partial charge in [0.05, 0.1) is 18.5 Å². The van der Waals surface area contributed by atoms with Gasteiger partial charge in [-0.05, 0) is 46.2 Å². The van der Waals surface area contributed by atoms with Crippen LogP contribution >= 0.6 is 24.0 Å². The van der Waals surface area contributed by atoms with Crippen LogP contribution in [0.2, 0.25) is 0 Å². The highest BCUT2D eigenvalue weighted by atomic mass is 127. The number of likely N-dealkylation sites (N-methyl/N-ethyl adjacent to an activating group) is 1. The van der Waals surface area contributed by atoms with Crippen LogP contribution in [0.15, 0.2) is 29.3 Å². The van der Waals surface area contributed by atoms with Gasteiger partial charge in [-0.1, -0.05) is 18.2 Å². The molecule has 0 spiro atoms. The molecule has 0 saturated heterocycles. The van der Waals surface area contributed by atoms with Gasteiger partial charge in [-0.2, -0.15) is 0 Å². The van der Waals surface area contributed by atoms with Gasteiger partial charge in [-0.15, -0.1) is 24.0 Å². The molecule has 2 N–H and O–H groups in total. The van der Waals surface area contributed by atoms with Gasteiger partial charge >= 0.3 is 0 Å². The van der Waals surface area contributed by atoms with Crippen molar-refractivity contribution in [2.75, 3.05) is 39.8 Å². The molecular weight excluding hydrogens is 455 g/mol. The largest absolute Gasteiger partial charge is 0.491 e. The number of guanidine groups is 1. The highest BCUT2D eigenvalue weighted by Crippen LogP contribution is 2.17. The summed E-state index contributed by atoms with van der Waals surface area (Å²) in [6, 6.07) is 7.99. The Labute approximate surface area is 181 Å². The Morgan fingerprint density at radius 1 is 1.19 bits per heavy atom. The van der Waals surface area contributed by atoms with Gasteiger partial charge in [0.15, 0.2) is 5.96 Å². The Morgan fingerprint density at radius 3 is 2.41 bits per heavy atom. The van der Waals surface area contributed by atoms with E-state index in [4.69, 9.17) is 4.74 Å². The molecule has 0 radical (unpaired) electrons. The summed E-state index contributed by atoms with van der Waals surface area (Å²) < 4.78 is 5.86. The molecule has 27 heavy (non-hydrogen) atoms. The fourth-order valence-corrected chi connectivity index (χ4v) is 2.33. The van der Waals surface area contributed by atoms with Crippen molar-refractivity contribution in [3.63, 3.8) is 0 Å². The number of carbonyl (C=O) groups excluding carboxylic acids is 1. The van der Waals surface area contributed by atoms with E-state index in [0.717, 1.165) is 23.8 Å². The zero-order valence-corrected chi connectivity index (χ0v) is 19.8. The summed E-state index contributed by atoms with van der Waals surface area (Å²) in [5.41, 5.74) is 0.578. The lowest BCUT2D eigenvalue weighted by molar-refractivity contribution is -0.128. The molecule has 0 aromatic heterocycles.